The van der Waals surface area contributed by atoms with Crippen molar-refractivity contribution in [1.82, 2.24) is 20.2 Å². The number of fused-ring (bicyclic) bond motifs is 3. The Labute approximate surface area is 182 Å². The molecule has 6 nitrogen and oxygen atoms in total. The lowest BCUT2D eigenvalue weighted by Gasteiger charge is -2.17. The summed E-state index contributed by atoms with van der Waals surface area (Å²) < 4.78 is 5.82. The number of hydrogen-bond acceptors (Lipinski definition) is 7. The van der Waals surface area contributed by atoms with E-state index in [0.717, 1.165) is 35.0 Å². The van der Waals surface area contributed by atoms with Crippen molar-refractivity contribution in [3.8, 4) is 11.5 Å². The molecule has 1 aromatic carbocycles. The minimum atomic E-state index is -0.119. The van der Waals surface area contributed by atoms with Crippen molar-refractivity contribution in [3.63, 3.8) is 0 Å². The van der Waals surface area contributed by atoms with E-state index < -0.39 is 0 Å². The summed E-state index contributed by atoms with van der Waals surface area (Å²) in [5.74, 6) is 1.79. The standard InChI is InChI=1S/C22H22N4O2S2/c1-11-4-7-14(8-5-11)20-25-26-22(28-20)29-13(3)18-23-19(27)17-15-9-6-12(2)10-16(15)30-21(17)24-18/h4-5,7-8,12-13H,6,9-10H2,1-3H3,(H,23,24,27). The summed E-state index contributed by atoms with van der Waals surface area (Å²) in [6.45, 7) is 6.29. The average molecular weight is 439 g/mol. The fourth-order valence-electron chi connectivity index (χ4n) is 3.84. The summed E-state index contributed by atoms with van der Waals surface area (Å²) in [6, 6.07) is 7.96. The van der Waals surface area contributed by atoms with Gasteiger partial charge >= 0.3 is 0 Å². The van der Waals surface area contributed by atoms with Crippen molar-refractivity contribution in [2.75, 3.05) is 0 Å². The smallest absolute Gasteiger partial charge is 0.277 e. The normalized spacial score (nSPS) is 17.2. The molecule has 0 amide bonds. The number of benzene rings is 1. The number of aryl methyl sites for hydroxylation is 2. The van der Waals surface area contributed by atoms with Gasteiger partial charge in [0, 0.05) is 10.4 Å². The van der Waals surface area contributed by atoms with Gasteiger partial charge in [-0.05, 0) is 56.7 Å². The molecule has 8 heteroatoms. The third-order valence-corrected chi connectivity index (χ3v) is 7.64. The van der Waals surface area contributed by atoms with Crippen molar-refractivity contribution in [2.24, 2.45) is 5.92 Å². The van der Waals surface area contributed by atoms with Gasteiger partial charge in [-0.2, -0.15) is 0 Å². The Balaban J connectivity index is 1.41. The van der Waals surface area contributed by atoms with Gasteiger partial charge in [0.1, 0.15) is 10.7 Å². The summed E-state index contributed by atoms with van der Waals surface area (Å²) in [5, 5.41) is 9.43. The van der Waals surface area contributed by atoms with Gasteiger partial charge in [0.05, 0.1) is 10.6 Å². The first-order chi connectivity index (χ1) is 14.5. The monoisotopic (exact) mass is 438 g/mol. The lowest BCUT2D eigenvalue weighted by atomic mass is 9.89. The van der Waals surface area contributed by atoms with Crippen molar-refractivity contribution >= 4 is 33.3 Å². The molecule has 3 aromatic heterocycles. The first kappa shape index (κ1) is 19.5. The second kappa shape index (κ2) is 7.67. The summed E-state index contributed by atoms with van der Waals surface area (Å²) in [5.41, 5.74) is 3.23. The van der Waals surface area contributed by atoms with Crippen molar-refractivity contribution in [1.29, 1.82) is 0 Å². The van der Waals surface area contributed by atoms with E-state index >= 15 is 0 Å². The predicted octanol–water partition coefficient (Wildman–Crippen LogP) is 5.32. The molecule has 1 aliphatic rings. The number of thioether (sulfide) groups is 1. The zero-order chi connectivity index (χ0) is 20.8. The van der Waals surface area contributed by atoms with Gasteiger partial charge in [-0.3, -0.25) is 4.79 Å². The SMILES string of the molecule is Cc1ccc(-c2nnc(SC(C)c3nc4sc5c(c4c(=O)[nH]3)CCC(C)C5)o2)cc1. The Morgan fingerprint density at radius 3 is 2.87 bits per heavy atom. The van der Waals surface area contributed by atoms with Crippen LogP contribution < -0.4 is 5.56 Å². The minimum Gasteiger partial charge on any atom is -0.411 e. The Hall–Kier alpha value is -2.45. The number of aromatic nitrogens is 4. The summed E-state index contributed by atoms with van der Waals surface area (Å²) in [6.07, 6.45) is 3.14. The van der Waals surface area contributed by atoms with Crippen LogP contribution >= 0.6 is 23.1 Å². The number of nitrogens with one attached hydrogen (secondary N) is 1. The van der Waals surface area contributed by atoms with Crippen LogP contribution in [-0.2, 0) is 12.8 Å². The molecule has 3 heterocycles. The lowest BCUT2D eigenvalue weighted by molar-refractivity contribution is 0.465. The predicted molar refractivity (Wildman–Crippen MR) is 120 cm³/mol. The molecule has 0 radical (unpaired) electrons. The van der Waals surface area contributed by atoms with E-state index in [1.165, 1.54) is 27.8 Å². The van der Waals surface area contributed by atoms with Crippen LogP contribution in [0, 0.1) is 12.8 Å². The maximum Gasteiger partial charge on any atom is 0.277 e. The maximum absolute atomic E-state index is 12.8. The quantitative estimate of drug-likeness (QED) is 0.434. The van der Waals surface area contributed by atoms with Gasteiger partial charge in [-0.25, -0.2) is 4.98 Å². The summed E-state index contributed by atoms with van der Waals surface area (Å²) in [4.78, 5) is 22.8. The average Bonchev–Trinajstić information content (AvgIpc) is 3.32. The molecule has 1 aliphatic carbocycles. The first-order valence-electron chi connectivity index (χ1n) is 10.1. The highest BCUT2D eigenvalue weighted by atomic mass is 32.2. The molecule has 0 bridgehead atoms. The number of rotatable bonds is 4. The van der Waals surface area contributed by atoms with E-state index in [1.54, 1.807) is 11.3 Å². The largest absolute Gasteiger partial charge is 0.411 e. The molecule has 0 saturated heterocycles. The summed E-state index contributed by atoms with van der Waals surface area (Å²) >= 11 is 3.07. The fraction of sp³-hybridized carbons (Fsp3) is 0.364. The molecule has 2 atom stereocenters. The van der Waals surface area contributed by atoms with Crippen LogP contribution in [0.3, 0.4) is 0 Å². The van der Waals surface area contributed by atoms with Crippen LogP contribution in [0.15, 0.2) is 38.7 Å². The molecule has 0 fully saturated rings. The van der Waals surface area contributed by atoms with Gasteiger partial charge in [0.25, 0.3) is 10.8 Å². The van der Waals surface area contributed by atoms with Crippen molar-refractivity contribution < 1.29 is 4.42 Å². The highest BCUT2D eigenvalue weighted by Crippen LogP contribution is 2.38. The van der Waals surface area contributed by atoms with E-state index in [-0.39, 0.29) is 10.8 Å². The summed E-state index contributed by atoms with van der Waals surface area (Å²) in [7, 11) is 0. The third kappa shape index (κ3) is 3.58. The third-order valence-electron chi connectivity index (χ3n) is 5.55. The highest BCUT2D eigenvalue weighted by Gasteiger charge is 2.24. The first-order valence-corrected chi connectivity index (χ1v) is 11.8. The molecule has 0 saturated carbocycles. The van der Waals surface area contributed by atoms with Crippen LogP contribution in [0.4, 0.5) is 0 Å². The molecule has 2 unspecified atom stereocenters. The Kier molecular flexibility index (Phi) is 4.99. The van der Waals surface area contributed by atoms with Crippen molar-refractivity contribution in [3.05, 3.63) is 56.4 Å². The van der Waals surface area contributed by atoms with Crippen LogP contribution in [0.1, 0.15) is 47.3 Å². The van der Waals surface area contributed by atoms with Gasteiger partial charge in [-0.15, -0.1) is 21.5 Å². The van der Waals surface area contributed by atoms with Gasteiger partial charge in [-0.1, -0.05) is 36.4 Å². The second-order valence-electron chi connectivity index (χ2n) is 7.98. The minimum absolute atomic E-state index is 0.0413. The zero-order valence-electron chi connectivity index (χ0n) is 17.1. The van der Waals surface area contributed by atoms with Gasteiger partial charge < -0.3 is 9.40 Å². The molecule has 0 spiro atoms. The van der Waals surface area contributed by atoms with E-state index in [0.29, 0.717) is 22.9 Å². The molecule has 5 rings (SSSR count). The van der Waals surface area contributed by atoms with E-state index in [9.17, 15) is 4.79 Å². The molecule has 1 N–H and O–H groups in total. The molecule has 30 heavy (non-hydrogen) atoms. The maximum atomic E-state index is 12.8. The number of aromatic amines is 1. The van der Waals surface area contributed by atoms with Crippen LogP contribution in [0.5, 0.6) is 0 Å². The van der Waals surface area contributed by atoms with Crippen LogP contribution in [0.25, 0.3) is 21.7 Å². The topological polar surface area (TPSA) is 84.7 Å². The fourth-order valence-corrected chi connectivity index (χ4v) is 5.97. The van der Waals surface area contributed by atoms with Crippen LogP contribution in [-0.4, -0.2) is 20.2 Å². The highest BCUT2D eigenvalue weighted by molar-refractivity contribution is 7.99. The molecule has 154 valence electrons. The molecular formula is C22H22N4O2S2. The number of thiophene rings is 1. The number of nitrogens with zero attached hydrogens (tertiary/aromatic N) is 3. The second-order valence-corrected chi connectivity index (χ2v) is 10.4. The van der Waals surface area contributed by atoms with E-state index in [1.807, 2.05) is 38.1 Å². The molecule has 4 aromatic rings. The molecular weight excluding hydrogens is 416 g/mol. The van der Waals surface area contributed by atoms with E-state index in [4.69, 9.17) is 9.40 Å². The van der Waals surface area contributed by atoms with Crippen LogP contribution in [0.2, 0.25) is 0 Å². The number of hydrogen-bond donors (Lipinski definition) is 1. The van der Waals surface area contributed by atoms with Gasteiger partial charge in [0.2, 0.25) is 5.89 Å². The number of H-pyrrole nitrogens is 1. The lowest BCUT2D eigenvalue weighted by Crippen LogP contribution is -2.15. The Morgan fingerprint density at radius 2 is 2.07 bits per heavy atom. The molecule has 0 aliphatic heterocycles. The Bertz CT molecular complexity index is 1270. The van der Waals surface area contributed by atoms with Crippen molar-refractivity contribution in [2.45, 2.75) is 50.5 Å². The van der Waals surface area contributed by atoms with Gasteiger partial charge in [0.15, 0.2) is 0 Å². The Morgan fingerprint density at radius 1 is 1.27 bits per heavy atom. The van der Waals surface area contributed by atoms with E-state index in [2.05, 4.69) is 22.1 Å². The zero-order valence-corrected chi connectivity index (χ0v) is 18.7.